The van der Waals surface area contributed by atoms with E-state index in [1.165, 1.54) is 0 Å². The first kappa shape index (κ1) is 16.2. The number of halogens is 2. The maximum Gasteiger partial charge on any atom is 0.338 e. The van der Waals surface area contributed by atoms with Gasteiger partial charge in [-0.15, -0.1) is 0 Å². The number of carbonyl (C=O) groups excluding carboxylic acids is 1. The van der Waals surface area contributed by atoms with Gasteiger partial charge in [-0.2, -0.15) is 0 Å². The minimum Gasteiger partial charge on any atom is -0.460 e. The smallest absolute Gasteiger partial charge is 0.338 e. The second kappa shape index (κ2) is 9.08. The fourth-order valence-electron chi connectivity index (χ4n) is 1.25. The molecule has 100 valence electrons. The molecule has 18 heavy (non-hydrogen) atoms. The molecule has 0 saturated carbocycles. The Bertz CT molecular complexity index is 394. The van der Waals surface area contributed by atoms with Crippen LogP contribution in [0, 0.1) is 7.14 Å². The zero-order valence-corrected chi connectivity index (χ0v) is 14.6. The monoisotopic (exact) mass is 474 g/mol. The number of unbranched alkanes of at least 4 members (excludes halogenated alkanes) is 1. The van der Waals surface area contributed by atoms with E-state index in [-0.39, 0.29) is 5.97 Å². The highest BCUT2D eigenvalue weighted by Gasteiger charge is 2.08. The third-order valence-corrected chi connectivity index (χ3v) is 5.12. The van der Waals surface area contributed by atoms with Gasteiger partial charge in [-0.1, -0.05) is 13.3 Å². The summed E-state index contributed by atoms with van der Waals surface area (Å²) < 4.78 is 12.6. The first-order valence-corrected chi connectivity index (χ1v) is 8.00. The van der Waals surface area contributed by atoms with Crippen molar-refractivity contribution >= 4 is 51.2 Å². The molecule has 0 spiro atoms. The summed E-state index contributed by atoms with van der Waals surface area (Å²) in [5.74, 6) is -0.289. The molecule has 0 N–H and O–H groups in total. The average Bonchev–Trinajstić information content (AvgIpc) is 2.36. The van der Waals surface area contributed by atoms with Crippen molar-refractivity contribution in [3.8, 4) is 0 Å². The molecule has 0 fully saturated rings. The first-order valence-electron chi connectivity index (χ1n) is 5.85. The number of hydrogen-bond donors (Lipinski definition) is 0. The van der Waals surface area contributed by atoms with E-state index < -0.39 is 0 Å². The van der Waals surface area contributed by atoms with Crippen LogP contribution >= 0.6 is 45.2 Å². The third kappa shape index (κ3) is 5.83. The van der Waals surface area contributed by atoms with Crippen LogP contribution in [0.3, 0.4) is 0 Å². The van der Waals surface area contributed by atoms with Gasteiger partial charge in [-0.05, 0) is 69.8 Å². The third-order valence-electron chi connectivity index (χ3n) is 2.26. The predicted octanol–water partition coefficient (Wildman–Crippen LogP) is 3.87. The van der Waals surface area contributed by atoms with Gasteiger partial charge in [0.25, 0.3) is 0 Å². The lowest BCUT2D eigenvalue weighted by Crippen LogP contribution is -2.11. The molecule has 1 aromatic rings. The second-order valence-corrected chi connectivity index (χ2v) is 6.06. The van der Waals surface area contributed by atoms with Gasteiger partial charge < -0.3 is 9.47 Å². The lowest BCUT2D eigenvalue weighted by molar-refractivity contribution is 0.0313. The van der Waals surface area contributed by atoms with Gasteiger partial charge in [-0.25, -0.2) is 4.79 Å². The van der Waals surface area contributed by atoms with Crippen LogP contribution in [-0.2, 0) is 9.47 Å². The van der Waals surface area contributed by atoms with Crippen molar-refractivity contribution in [2.24, 2.45) is 0 Å². The maximum atomic E-state index is 11.7. The summed E-state index contributed by atoms with van der Waals surface area (Å²) in [7, 11) is 0. The zero-order valence-electron chi connectivity index (χ0n) is 10.2. The van der Waals surface area contributed by atoms with Crippen molar-refractivity contribution in [2.75, 3.05) is 19.8 Å². The van der Waals surface area contributed by atoms with E-state index >= 15 is 0 Å². The summed E-state index contributed by atoms with van der Waals surface area (Å²) in [4.78, 5) is 11.7. The zero-order chi connectivity index (χ0) is 13.4. The highest BCUT2D eigenvalue weighted by molar-refractivity contribution is 14.1. The van der Waals surface area contributed by atoms with Gasteiger partial charge in [0.1, 0.15) is 6.61 Å². The summed E-state index contributed by atoms with van der Waals surface area (Å²) in [6, 6.07) is 5.53. The maximum absolute atomic E-state index is 11.7. The number of rotatable bonds is 7. The van der Waals surface area contributed by atoms with Gasteiger partial charge in [-0.3, -0.25) is 0 Å². The second-order valence-electron chi connectivity index (χ2n) is 3.73. The lowest BCUT2D eigenvalue weighted by atomic mass is 10.2. The highest BCUT2D eigenvalue weighted by atomic mass is 127. The molecule has 0 aliphatic heterocycles. The highest BCUT2D eigenvalue weighted by Crippen LogP contribution is 2.17. The molecule has 0 heterocycles. The number of esters is 1. The molecular weight excluding hydrogens is 458 g/mol. The Balaban J connectivity index is 2.30. The Morgan fingerprint density at radius 2 is 1.94 bits per heavy atom. The Hall–Kier alpha value is 0.110. The summed E-state index contributed by atoms with van der Waals surface area (Å²) in [6.45, 7) is 3.62. The SMILES string of the molecule is CCCCOCCOC(=O)c1ccc(I)c(I)c1. The van der Waals surface area contributed by atoms with Crippen LogP contribution in [0.25, 0.3) is 0 Å². The molecule has 1 aromatic carbocycles. The summed E-state index contributed by atoms with van der Waals surface area (Å²) in [5, 5.41) is 0. The normalized spacial score (nSPS) is 10.4. The van der Waals surface area contributed by atoms with Gasteiger partial charge >= 0.3 is 5.97 Å². The molecule has 0 bridgehead atoms. The van der Waals surface area contributed by atoms with Crippen molar-refractivity contribution < 1.29 is 14.3 Å². The standard InChI is InChI=1S/C13H16I2O3/c1-2-3-6-17-7-8-18-13(16)10-4-5-11(14)12(15)9-10/h4-5,9H,2-3,6-8H2,1H3. The summed E-state index contributed by atoms with van der Waals surface area (Å²) in [6.07, 6.45) is 2.16. The van der Waals surface area contributed by atoms with Crippen molar-refractivity contribution in [3.63, 3.8) is 0 Å². The van der Waals surface area contributed by atoms with Crippen molar-refractivity contribution in [1.29, 1.82) is 0 Å². The van der Waals surface area contributed by atoms with Crippen molar-refractivity contribution in [2.45, 2.75) is 19.8 Å². The largest absolute Gasteiger partial charge is 0.460 e. The van der Waals surface area contributed by atoms with Crippen molar-refractivity contribution in [1.82, 2.24) is 0 Å². The van der Waals surface area contributed by atoms with Crippen LogP contribution in [0.5, 0.6) is 0 Å². The molecule has 5 heteroatoms. The van der Waals surface area contributed by atoms with E-state index in [1.807, 2.05) is 12.1 Å². The van der Waals surface area contributed by atoms with E-state index in [9.17, 15) is 4.79 Å². The number of ether oxygens (including phenoxy) is 2. The molecule has 0 atom stereocenters. The summed E-state index contributed by atoms with van der Waals surface area (Å²) >= 11 is 4.44. The van der Waals surface area contributed by atoms with Crippen LogP contribution in [0.15, 0.2) is 18.2 Å². The lowest BCUT2D eigenvalue weighted by Gasteiger charge is -2.06. The van der Waals surface area contributed by atoms with Crippen molar-refractivity contribution in [3.05, 3.63) is 30.9 Å². The van der Waals surface area contributed by atoms with Gasteiger partial charge in [0.15, 0.2) is 0 Å². The molecule has 0 saturated heterocycles. The molecule has 3 nitrogen and oxygen atoms in total. The Morgan fingerprint density at radius 1 is 1.17 bits per heavy atom. The molecular formula is C13H16I2O3. The van der Waals surface area contributed by atoms with E-state index in [0.717, 1.165) is 26.6 Å². The topological polar surface area (TPSA) is 35.5 Å². The van der Waals surface area contributed by atoms with Crippen LogP contribution in [-0.4, -0.2) is 25.8 Å². The van der Waals surface area contributed by atoms with Crippen LogP contribution in [0.4, 0.5) is 0 Å². The predicted molar refractivity (Wildman–Crippen MR) is 87.9 cm³/mol. The minimum absolute atomic E-state index is 0.289. The van der Waals surface area contributed by atoms with Crippen LogP contribution in [0.2, 0.25) is 0 Å². The Morgan fingerprint density at radius 3 is 2.61 bits per heavy atom. The Kier molecular flexibility index (Phi) is 8.16. The van der Waals surface area contributed by atoms with E-state index in [1.54, 1.807) is 6.07 Å². The van der Waals surface area contributed by atoms with Crippen LogP contribution in [0.1, 0.15) is 30.1 Å². The van der Waals surface area contributed by atoms with E-state index in [2.05, 4.69) is 52.1 Å². The molecule has 0 aromatic heterocycles. The number of benzene rings is 1. The van der Waals surface area contributed by atoms with E-state index in [0.29, 0.717) is 18.8 Å². The van der Waals surface area contributed by atoms with Gasteiger partial charge in [0.2, 0.25) is 0 Å². The average molecular weight is 474 g/mol. The number of hydrogen-bond acceptors (Lipinski definition) is 3. The number of carbonyl (C=O) groups is 1. The summed E-state index contributed by atoms with van der Waals surface area (Å²) in [5.41, 5.74) is 0.591. The molecule has 0 aliphatic carbocycles. The minimum atomic E-state index is -0.289. The molecule has 0 amide bonds. The molecule has 1 rings (SSSR count). The molecule has 0 unspecified atom stereocenters. The molecule has 0 radical (unpaired) electrons. The van der Waals surface area contributed by atoms with Crippen LogP contribution < -0.4 is 0 Å². The quantitative estimate of drug-likeness (QED) is 0.342. The van der Waals surface area contributed by atoms with E-state index in [4.69, 9.17) is 9.47 Å². The fourth-order valence-corrected chi connectivity index (χ4v) is 2.10. The fraction of sp³-hybridized carbons (Fsp3) is 0.462. The Labute approximate surface area is 135 Å². The molecule has 0 aliphatic rings. The first-order chi connectivity index (χ1) is 8.65. The van der Waals surface area contributed by atoms with Gasteiger partial charge in [0.05, 0.1) is 12.2 Å². The van der Waals surface area contributed by atoms with Gasteiger partial charge in [0, 0.05) is 13.7 Å².